The highest BCUT2D eigenvalue weighted by Gasteiger charge is 2.37. The number of carbonyl (C=O) groups excluding carboxylic acids is 5. The molecule has 1 unspecified atom stereocenters. The second-order valence-electron chi connectivity index (χ2n) is 20.0. The molecule has 23 heteroatoms. The average Bonchev–Trinajstić information content (AvgIpc) is 4.13. The lowest BCUT2D eigenvalue weighted by molar-refractivity contribution is 0.0147. The number of esters is 1. The van der Waals surface area contributed by atoms with Gasteiger partial charge in [-0.3, -0.25) is 14.4 Å². The van der Waals surface area contributed by atoms with Crippen molar-refractivity contribution in [3.05, 3.63) is 142 Å². The van der Waals surface area contributed by atoms with E-state index in [1.807, 2.05) is 91.8 Å². The van der Waals surface area contributed by atoms with Gasteiger partial charge in [-0.05, 0) is 176 Å². The van der Waals surface area contributed by atoms with Crippen molar-refractivity contribution < 1.29 is 49.5 Å². The van der Waals surface area contributed by atoms with Crippen LogP contribution >= 0.6 is 33.9 Å². The number of halogens is 2. The molecule has 3 aliphatic rings. The summed E-state index contributed by atoms with van der Waals surface area (Å²) < 4.78 is 14.1. The van der Waals surface area contributed by atoms with Crippen LogP contribution in [0.25, 0.3) is 0 Å². The van der Waals surface area contributed by atoms with E-state index >= 15 is 0 Å². The number of imide groups is 1. The van der Waals surface area contributed by atoms with Gasteiger partial charge in [-0.25, -0.2) is 44.2 Å². The maximum absolute atomic E-state index is 12.2. The van der Waals surface area contributed by atoms with Gasteiger partial charge < -0.3 is 30.0 Å². The molecular weight excluding hydrogens is 1130 g/mol. The van der Waals surface area contributed by atoms with E-state index in [1.165, 1.54) is 7.11 Å². The van der Waals surface area contributed by atoms with E-state index in [1.54, 1.807) is 68.4 Å². The lowest BCUT2D eigenvalue weighted by Gasteiger charge is -2.23. The molecule has 8 rings (SSSR count). The van der Waals surface area contributed by atoms with Gasteiger partial charge in [-0.2, -0.15) is 20.4 Å². The number of aryl methyl sites for hydroxylation is 10. The highest BCUT2D eigenvalue weighted by atomic mass is 35.5. The van der Waals surface area contributed by atoms with Gasteiger partial charge >= 0.3 is 18.2 Å². The number of fused-ring (bicyclic) bond motifs is 3. The molecule has 0 saturated heterocycles. The molecule has 0 spiro atoms. The zero-order valence-electron chi connectivity index (χ0n) is 50.4. The maximum Gasteiger partial charge on any atom is 0.506 e. The van der Waals surface area contributed by atoms with E-state index in [9.17, 15) is 28.8 Å². The number of nitrogens with zero attached hydrogens (tertiary/aromatic N) is 8. The number of carbonyl (C=O) groups is 6. The SMILES string of the molecule is C.C#C.C#CC.CC(C)(C)OC(=O)O.COC(=O)c1nc(C)cc(C)c1C#N.Cc1cc(C)c(C#N)c(Cl)n1.Cc1cc(C)c2c(n1)C(=O)N(C(=O)OC(C)(C)C)C2.Cc1cc(C)c2c(n1)C(=O)NC2.Cc1cc(C)c2c(n1)C(=O)NC2.Cl.P.[HH]. The standard InChI is InChI=1S/C14H18N2O3.C10H10N2O2.2C9H10N2O.C8H7ClN2.C5H10O3.C3H4.C2H2.CH4.ClH.H3P.H2/c1-8-6-9(2)15-11-10(8)7-16(12(11)17)13(18)19-14(3,4)5;1-6-4-7(2)12-9(8(6)5-11)10(13)14-3;2*1-5-3-6(2)11-8-7(5)4-10-9(8)12;1-5-3-6(2)11-8(9)7(5)4-10;1-5(2,3)8-4(6)7;1-3-2;1-2;;;;/h6H,7H2,1-5H3;4H,1-3H3;2*3H,4H2,1-2H3,(H,10,12);3H,1-2H3;1-3H3,(H,6,7);1H,2H3;1-2H;1H4;1H;1H3;1H. The summed E-state index contributed by atoms with van der Waals surface area (Å²) in [6.45, 7) is 32.3. The molecule has 0 aromatic carbocycles. The summed E-state index contributed by atoms with van der Waals surface area (Å²) >= 11 is 5.70. The molecule has 454 valence electrons. The molecule has 1 atom stereocenters. The van der Waals surface area contributed by atoms with Crippen LogP contribution in [0.2, 0.25) is 5.15 Å². The lowest BCUT2D eigenvalue weighted by Crippen LogP contribution is -2.37. The fraction of sp³-hybridized carbons (Fsp3) is 0.393. The number of aromatic nitrogens is 5. The molecule has 5 aromatic heterocycles. The molecule has 0 bridgehead atoms. The fourth-order valence-electron chi connectivity index (χ4n) is 7.53. The van der Waals surface area contributed by atoms with Crippen molar-refractivity contribution in [1.29, 1.82) is 10.5 Å². The van der Waals surface area contributed by atoms with Crippen LogP contribution in [0.4, 0.5) is 9.59 Å². The first-order chi connectivity index (χ1) is 37.6. The van der Waals surface area contributed by atoms with Crippen LogP contribution in [-0.2, 0) is 33.8 Å². The van der Waals surface area contributed by atoms with E-state index < -0.39 is 29.4 Å². The van der Waals surface area contributed by atoms with E-state index in [0.717, 1.165) is 72.2 Å². The molecule has 5 aromatic rings. The first kappa shape index (κ1) is 79.7. The number of terminal acetylenes is 2. The van der Waals surface area contributed by atoms with Gasteiger partial charge in [-0.1, -0.05) is 19.0 Å². The van der Waals surface area contributed by atoms with Crippen LogP contribution in [0, 0.1) is 117 Å². The highest BCUT2D eigenvalue weighted by Crippen LogP contribution is 2.27. The number of pyridine rings is 5. The second-order valence-corrected chi connectivity index (χ2v) is 20.4. The summed E-state index contributed by atoms with van der Waals surface area (Å²) in [5.74, 6) is 1.21. The molecule has 0 radical (unpaired) electrons. The smallest absolute Gasteiger partial charge is 0.464 e. The minimum atomic E-state index is -1.22. The molecule has 4 amide bonds. The van der Waals surface area contributed by atoms with Gasteiger partial charge in [0.2, 0.25) is 0 Å². The molecule has 0 saturated carbocycles. The zero-order chi connectivity index (χ0) is 62.4. The van der Waals surface area contributed by atoms with Gasteiger partial charge in [0.05, 0.1) is 24.8 Å². The van der Waals surface area contributed by atoms with E-state index in [-0.39, 0.29) is 66.7 Å². The Morgan fingerprint density at radius 3 is 1.33 bits per heavy atom. The van der Waals surface area contributed by atoms with Gasteiger partial charge in [0.1, 0.15) is 45.6 Å². The second kappa shape index (κ2) is 36.1. The lowest BCUT2D eigenvalue weighted by atomic mass is 10.1. The Morgan fingerprint density at radius 1 is 0.643 bits per heavy atom. The van der Waals surface area contributed by atoms with Crippen LogP contribution in [-0.4, -0.2) is 89.2 Å². The minimum absolute atomic E-state index is 0. The van der Waals surface area contributed by atoms with E-state index in [0.29, 0.717) is 46.6 Å². The quantitative estimate of drug-likeness (QED) is 0.0462. The third-order valence-corrected chi connectivity index (χ3v) is 11.0. The number of methoxy groups -OCH3 is 1. The molecular formula is C61H81Cl2N10O10P. The number of nitriles is 2. The average molecular weight is 1220 g/mol. The Morgan fingerprint density at radius 2 is 0.988 bits per heavy atom. The van der Waals surface area contributed by atoms with Crippen LogP contribution in [0.5, 0.6) is 0 Å². The van der Waals surface area contributed by atoms with Crippen LogP contribution in [0.3, 0.4) is 0 Å². The summed E-state index contributed by atoms with van der Waals surface area (Å²) in [4.78, 5) is 89.3. The Bertz CT molecular complexity index is 3250. The number of hydrogen-bond acceptors (Lipinski definition) is 16. The highest BCUT2D eigenvalue weighted by molar-refractivity contribution is 6.92. The van der Waals surface area contributed by atoms with Gasteiger partial charge in [0.15, 0.2) is 5.69 Å². The van der Waals surface area contributed by atoms with Crippen molar-refractivity contribution in [1.82, 2.24) is 40.5 Å². The summed E-state index contributed by atoms with van der Waals surface area (Å²) in [5, 5.41) is 31.3. The van der Waals surface area contributed by atoms with Crippen molar-refractivity contribution in [2.75, 3.05) is 7.11 Å². The topological polar surface area (TPSA) is 290 Å². The van der Waals surface area contributed by atoms with Gasteiger partial charge in [0, 0.05) is 59.7 Å². The van der Waals surface area contributed by atoms with Gasteiger partial charge in [0.25, 0.3) is 17.7 Å². The van der Waals surface area contributed by atoms with E-state index in [2.05, 4.69) is 70.2 Å². The molecule has 0 aliphatic carbocycles. The summed E-state index contributed by atoms with van der Waals surface area (Å²) in [7, 11) is 1.27. The Labute approximate surface area is 510 Å². The molecule has 3 N–H and O–H groups in total. The number of nitrogens with one attached hydrogen (secondary N) is 2. The predicted octanol–water partition coefficient (Wildman–Crippen LogP) is 11.8. The van der Waals surface area contributed by atoms with Crippen molar-refractivity contribution in [3.8, 4) is 37.3 Å². The first-order valence-electron chi connectivity index (χ1n) is 24.8. The van der Waals surface area contributed by atoms with E-state index in [4.69, 9.17) is 32.0 Å². The minimum Gasteiger partial charge on any atom is -0.464 e. The number of amides is 4. The van der Waals surface area contributed by atoms with Crippen molar-refractivity contribution in [2.24, 2.45) is 0 Å². The molecule has 20 nitrogen and oxygen atoms in total. The van der Waals surface area contributed by atoms with Crippen molar-refractivity contribution in [2.45, 2.75) is 156 Å². The summed E-state index contributed by atoms with van der Waals surface area (Å²) in [6.07, 6.45) is 10.8. The molecule has 0 fully saturated rings. The third-order valence-electron chi connectivity index (χ3n) is 10.7. The normalized spacial score (nSPS) is 11.3. The predicted molar refractivity (Wildman–Crippen MR) is 333 cm³/mol. The van der Waals surface area contributed by atoms with Gasteiger partial charge in [-0.15, -0.1) is 37.6 Å². The van der Waals surface area contributed by atoms with Crippen LogP contribution < -0.4 is 10.6 Å². The fourth-order valence-corrected chi connectivity index (χ4v) is 7.85. The zero-order valence-corrected chi connectivity index (χ0v) is 53.4. The number of ether oxygens (including phenoxy) is 3. The Kier molecular flexibility index (Phi) is 34.3. The first-order valence-corrected chi connectivity index (χ1v) is 25.2. The largest absolute Gasteiger partial charge is 0.506 e. The molecule has 3 aliphatic heterocycles. The molecule has 8 heterocycles. The molecule has 84 heavy (non-hydrogen) atoms. The van der Waals surface area contributed by atoms with Crippen LogP contribution in [0.15, 0.2) is 30.3 Å². The number of hydrogen-bond donors (Lipinski definition) is 3. The maximum atomic E-state index is 12.2. The Hall–Kier alpha value is -8.52. The number of carboxylic acid groups (broad SMARTS) is 1. The third kappa shape index (κ3) is 24.5. The summed E-state index contributed by atoms with van der Waals surface area (Å²) in [6, 6.07) is 13.4. The number of rotatable bonds is 1. The Balaban J connectivity index is -0.000000459. The van der Waals surface area contributed by atoms with Crippen molar-refractivity contribution in [3.63, 3.8) is 0 Å². The monoisotopic (exact) mass is 1210 g/mol. The van der Waals surface area contributed by atoms with Crippen molar-refractivity contribution >= 4 is 69.8 Å². The summed E-state index contributed by atoms with van der Waals surface area (Å²) in [5.41, 5.74) is 13.1. The van der Waals surface area contributed by atoms with Crippen LogP contribution in [0.1, 0.15) is 183 Å².